The number of carbonyl (C=O) groups excluding carboxylic acids is 1. The largest absolute Gasteiger partial charge is 0.444 e. The predicted octanol–water partition coefficient (Wildman–Crippen LogP) is 4.04. The lowest BCUT2D eigenvalue weighted by Crippen LogP contribution is -2.48. The molecule has 0 saturated carbocycles. The lowest BCUT2D eigenvalue weighted by molar-refractivity contribution is -0.00999. The van der Waals surface area contributed by atoms with Crippen LogP contribution in [0.4, 0.5) is 4.79 Å². The number of ether oxygens (including phenoxy) is 2. The number of halogens is 1. The molecule has 0 bridgehead atoms. The van der Waals surface area contributed by atoms with E-state index < -0.39 is 5.60 Å². The molecule has 0 N–H and O–H groups in total. The van der Waals surface area contributed by atoms with E-state index in [1.807, 2.05) is 26.8 Å². The van der Waals surface area contributed by atoms with E-state index in [0.29, 0.717) is 18.4 Å². The number of rotatable bonds is 4. The van der Waals surface area contributed by atoms with Crippen LogP contribution in [0.1, 0.15) is 45.6 Å². The molecule has 1 aliphatic heterocycles. The molecule has 1 atom stereocenters. The molecule has 0 radical (unpaired) electrons. The standard InChI is InChI=1S/C17H25ClN2O3/c1-17(2,3)23-16(21)20-9-5-4-6-14(20)12-22-11-13-7-8-15(18)19-10-13/h7-8,10,14H,4-6,9,11-12H2,1-3H3/t14-/m0/s1. The van der Waals surface area contributed by atoms with Gasteiger partial charge in [-0.3, -0.25) is 0 Å². The molecule has 1 aromatic heterocycles. The maximum absolute atomic E-state index is 12.3. The van der Waals surface area contributed by atoms with Crippen LogP contribution in [-0.4, -0.2) is 40.8 Å². The number of piperidine rings is 1. The fraction of sp³-hybridized carbons (Fsp3) is 0.647. The molecular weight excluding hydrogens is 316 g/mol. The van der Waals surface area contributed by atoms with E-state index in [0.717, 1.165) is 31.4 Å². The minimum Gasteiger partial charge on any atom is -0.444 e. The van der Waals surface area contributed by atoms with Gasteiger partial charge in [0, 0.05) is 12.7 Å². The van der Waals surface area contributed by atoms with Crippen molar-refractivity contribution in [3.63, 3.8) is 0 Å². The Bertz CT molecular complexity index is 514. The second kappa shape index (κ2) is 7.97. The van der Waals surface area contributed by atoms with Crippen molar-refractivity contribution in [1.29, 1.82) is 0 Å². The Balaban J connectivity index is 1.86. The summed E-state index contributed by atoms with van der Waals surface area (Å²) in [5, 5.41) is 0.470. The second-order valence-electron chi connectivity index (χ2n) is 6.83. The third-order valence-electron chi connectivity index (χ3n) is 3.62. The van der Waals surface area contributed by atoms with Crippen molar-refractivity contribution in [2.45, 2.75) is 58.3 Å². The number of hydrogen-bond acceptors (Lipinski definition) is 4. The molecule has 2 rings (SSSR count). The minimum atomic E-state index is -0.477. The summed E-state index contributed by atoms with van der Waals surface area (Å²) in [7, 11) is 0. The minimum absolute atomic E-state index is 0.0684. The Kier molecular flexibility index (Phi) is 6.25. The van der Waals surface area contributed by atoms with Gasteiger partial charge in [0.25, 0.3) is 0 Å². The van der Waals surface area contributed by atoms with Gasteiger partial charge in [-0.1, -0.05) is 17.7 Å². The average Bonchev–Trinajstić information content (AvgIpc) is 2.48. The van der Waals surface area contributed by atoms with Crippen LogP contribution < -0.4 is 0 Å². The van der Waals surface area contributed by atoms with Crippen LogP contribution in [0.5, 0.6) is 0 Å². The van der Waals surface area contributed by atoms with E-state index in [4.69, 9.17) is 21.1 Å². The van der Waals surface area contributed by atoms with E-state index in [1.165, 1.54) is 0 Å². The van der Waals surface area contributed by atoms with Gasteiger partial charge >= 0.3 is 6.09 Å². The highest BCUT2D eigenvalue weighted by Crippen LogP contribution is 2.21. The summed E-state index contributed by atoms with van der Waals surface area (Å²) in [6, 6.07) is 3.70. The Labute approximate surface area is 142 Å². The smallest absolute Gasteiger partial charge is 0.410 e. The number of pyridine rings is 1. The number of likely N-dealkylation sites (tertiary alicyclic amines) is 1. The summed E-state index contributed by atoms with van der Waals surface area (Å²) < 4.78 is 11.3. The molecule has 1 amide bonds. The lowest BCUT2D eigenvalue weighted by Gasteiger charge is -2.36. The summed E-state index contributed by atoms with van der Waals surface area (Å²) in [6.45, 7) is 7.34. The van der Waals surface area contributed by atoms with Gasteiger partial charge in [0.15, 0.2) is 0 Å². The summed E-state index contributed by atoms with van der Waals surface area (Å²) in [5.74, 6) is 0. The number of amides is 1. The summed E-state index contributed by atoms with van der Waals surface area (Å²) in [6.07, 6.45) is 4.51. The second-order valence-corrected chi connectivity index (χ2v) is 7.21. The highest BCUT2D eigenvalue weighted by Gasteiger charge is 2.30. The molecular formula is C17H25ClN2O3. The van der Waals surface area contributed by atoms with Gasteiger partial charge in [0.2, 0.25) is 0 Å². The number of hydrogen-bond donors (Lipinski definition) is 0. The van der Waals surface area contributed by atoms with E-state index in [9.17, 15) is 4.79 Å². The third kappa shape index (κ3) is 5.99. The van der Waals surface area contributed by atoms with Crippen molar-refractivity contribution < 1.29 is 14.3 Å². The first-order valence-electron chi connectivity index (χ1n) is 8.03. The van der Waals surface area contributed by atoms with Gasteiger partial charge in [0.1, 0.15) is 10.8 Å². The topological polar surface area (TPSA) is 51.7 Å². The number of nitrogens with zero attached hydrogens (tertiary/aromatic N) is 2. The fourth-order valence-corrected chi connectivity index (χ4v) is 2.65. The maximum atomic E-state index is 12.3. The van der Waals surface area contributed by atoms with Gasteiger partial charge in [-0.05, 0) is 51.7 Å². The predicted molar refractivity (Wildman–Crippen MR) is 89.5 cm³/mol. The van der Waals surface area contributed by atoms with Gasteiger partial charge in [-0.2, -0.15) is 0 Å². The molecule has 0 spiro atoms. The number of carbonyl (C=O) groups is 1. The summed E-state index contributed by atoms with van der Waals surface area (Å²) >= 11 is 5.76. The highest BCUT2D eigenvalue weighted by atomic mass is 35.5. The Morgan fingerprint density at radius 2 is 2.17 bits per heavy atom. The first kappa shape index (κ1) is 18.0. The first-order chi connectivity index (χ1) is 10.8. The fourth-order valence-electron chi connectivity index (χ4n) is 2.54. The van der Waals surface area contributed by atoms with Gasteiger partial charge < -0.3 is 14.4 Å². The van der Waals surface area contributed by atoms with Crippen molar-refractivity contribution in [1.82, 2.24) is 9.88 Å². The zero-order valence-corrected chi connectivity index (χ0v) is 14.8. The van der Waals surface area contributed by atoms with Crippen molar-refractivity contribution in [3.8, 4) is 0 Å². The van der Waals surface area contributed by atoms with Crippen LogP contribution in [-0.2, 0) is 16.1 Å². The molecule has 0 aromatic carbocycles. The van der Waals surface area contributed by atoms with E-state index in [1.54, 1.807) is 17.2 Å². The number of aromatic nitrogens is 1. The maximum Gasteiger partial charge on any atom is 0.410 e. The molecule has 0 unspecified atom stereocenters. The molecule has 128 valence electrons. The SMILES string of the molecule is CC(C)(C)OC(=O)N1CCCC[C@H]1COCc1ccc(Cl)nc1. The van der Waals surface area contributed by atoms with Crippen LogP contribution in [0.2, 0.25) is 5.15 Å². The molecule has 23 heavy (non-hydrogen) atoms. The van der Waals surface area contributed by atoms with Crippen molar-refractivity contribution in [2.75, 3.05) is 13.2 Å². The van der Waals surface area contributed by atoms with E-state index in [-0.39, 0.29) is 12.1 Å². The lowest BCUT2D eigenvalue weighted by atomic mass is 10.0. The quantitative estimate of drug-likeness (QED) is 0.776. The van der Waals surface area contributed by atoms with Gasteiger partial charge in [-0.15, -0.1) is 0 Å². The first-order valence-corrected chi connectivity index (χ1v) is 8.41. The van der Waals surface area contributed by atoms with Crippen molar-refractivity contribution in [2.24, 2.45) is 0 Å². The molecule has 1 fully saturated rings. The van der Waals surface area contributed by atoms with Crippen molar-refractivity contribution >= 4 is 17.7 Å². The van der Waals surface area contributed by atoms with Crippen LogP contribution >= 0.6 is 11.6 Å². The molecule has 6 heteroatoms. The molecule has 0 aliphatic carbocycles. The van der Waals surface area contributed by atoms with Crippen LogP contribution in [0.15, 0.2) is 18.3 Å². The Morgan fingerprint density at radius 1 is 1.39 bits per heavy atom. The van der Waals surface area contributed by atoms with E-state index >= 15 is 0 Å². The van der Waals surface area contributed by atoms with E-state index in [2.05, 4.69) is 4.98 Å². The van der Waals surface area contributed by atoms with Crippen LogP contribution in [0, 0.1) is 0 Å². The van der Waals surface area contributed by atoms with Crippen LogP contribution in [0.3, 0.4) is 0 Å². The molecule has 5 nitrogen and oxygen atoms in total. The van der Waals surface area contributed by atoms with Gasteiger partial charge in [0.05, 0.1) is 19.3 Å². The third-order valence-corrected chi connectivity index (χ3v) is 3.85. The normalized spacial score (nSPS) is 18.8. The monoisotopic (exact) mass is 340 g/mol. The molecule has 1 aliphatic rings. The molecule has 1 saturated heterocycles. The van der Waals surface area contributed by atoms with Crippen molar-refractivity contribution in [3.05, 3.63) is 29.0 Å². The average molecular weight is 341 g/mol. The molecule has 2 heterocycles. The van der Waals surface area contributed by atoms with Crippen LogP contribution in [0.25, 0.3) is 0 Å². The molecule has 1 aromatic rings. The summed E-state index contributed by atoms with van der Waals surface area (Å²) in [4.78, 5) is 18.1. The highest BCUT2D eigenvalue weighted by molar-refractivity contribution is 6.29. The Morgan fingerprint density at radius 3 is 2.83 bits per heavy atom. The van der Waals surface area contributed by atoms with Gasteiger partial charge in [-0.25, -0.2) is 9.78 Å². The Hall–Kier alpha value is -1.33. The summed E-state index contributed by atoms with van der Waals surface area (Å²) in [5.41, 5.74) is 0.489. The zero-order chi connectivity index (χ0) is 16.9. The zero-order valence-electron chi connectivity index (χ0n) is 14.0.